The van der Waals surface area contributed by atoms with Crippen LogP contribution in [0.2, 0.25) is 0 Å². The van der Waals surface area contributed by atoms with Crippen LogP contribution in [-0.2, 0) is 11.2 Å². The van der Waals surface area contributed by atoms with Gasteiger partial charge in [-0.2, -0.15) is 0 Å². The van der Waals surface area contributed by atoms with Crippen molar-refractivity contribution in [3.63, 3.8) is 0 Å². The molecule has 0 spiro atoms. The number of likely N-dealkylation sites (tertiary alicyclic amines) is 1. The maximum Gasteiger partial charge on any atom is 0.223 e. The Labute approximate surface area is 133 Å². The van der Waals surface area contributed by atoms with Gasteiger partial charge in [0.2, 0.25) is 5.91 Å². The molecule has 0 bridgehead atoms. The summed E-state index contributed by atoms with van der Waals surface area (Å²) >= 11 is 0. The smallest absolute Gasteiger partial charge is 0.223 e. The average Bonchev–Trinajstić information content (AvgIpc) is 2.96. The molecule has 0 atom stereocenters. The van der Waals surface area contributed by atoms with Gasteiger partial charge in [0, 0.05) is 25.7 Å². The van der Waals surface area contributed by atoms with Gasteiger partial charge < -0.3 is 14.5 Å². The van der Waals surface area contributed by atoms with Gasteiger partial charge in [0.15, 0.2) is 0 Å². The number of hydrogen-bond acceptors (Lipinski definition) is 3. The van der Waals surface area contributed by atoms with E-state index < -0.39 is 0 Å². The third-order valence-electron chi connectivity index (χ3n) is 4.66. The molecular formula is C18H26N2O2. The molecule has 0 saturated carbocycles. The Kier molecular flexibility index (Phi) is 4.98. The first-order valence-corrected chi connectivity index (χ1v) is 8.50. The zero-order chi connectivity index (χ0) is 15.4. The molecule has 1 fully saturated rings. The van der Waals surface area contributed by atoms with E-state index in [9.17, 15) is 4.79 Å². The van der Waals surface area contributed by atoms with Crippen LogP contribution >= 0.6 is 0 Å². The fourth-order valence-corrected chi connectivity index (χ4v) is 3.46. The van der Waals surface area contributed by atoms with Crippen LogP contribution < -0.4 is 9.64 Å². The topological polar surface area (TPSA) is 32.8 Å². The Bertz CT molecular complexity index is 524. The highest BCUT2D eigenvalue weighted by atomic mass is 16.5. The molecule has 0 radical (unpaired) electrons. The van der Waals surface area contributed by atoms with E-state index in [2.05, 4.69) is 11.0 Å². The molecule has 120 valence electrons. The lowest BCUT2D eigenvalue weighted by atomic mass is 10.1. The van der Waals surface area contributed by atoms with Crippen molar-refractivity contribution in [1.29, 1.82) is 0 Å². The zero-order valence-corrected chi connectivity index (χ0v) is 13.5. The maximum atomic E-state index is 11.5. The fourth-order valence-electron chi connectivity index (χ4n) is 3.46. The number of carbonyl (C=O) groups excluding carboxylic acids is 1. The summed E-state index contributed by atoms with van der Waals surface area (Å²) in [6.07, 6.45) is 6.09. The van der Waals surface area contributed by atoms with Crippen molar-refractivity contribution in [1.82, 2.24) is 4.90 Å². The maximum absolute atomic E-state index is 11.5. The number of benzene rings is 1. The third kappa shape index (κ3) is 3.61. The molecule has 1 aromatic carbocycles. The van der Waals surface area contributed by atoms with Crippen molar-refractivity contribution in [2.45, 2.75) is 39.0 Å². The van der Waals surface area contributed by atoms with Crippen LogP contribution in [0.1, 0.15) is 38.2 Å². The van der Waals surface area contributed by atoms with E-state index in [1.807, 2.05) is 17.0 Å². The lowest BCUT2D eigenvalue weighted by Crippen LogP contribution is -2.31. The van der Waals surface area contributed by atoms with E-state index >= 15 is 0 Å². The summed E-state index contributed by atoms with van der Waals surface area (Å²) in [5, 5.41) is 0. The summed E-state index contributed by atoms with van der Waals surface area (Å²) in [4.78, 5) is 15.9. The van der Waals surface area contributed by atoms with Crippen molar-refractivity contribution in [2.24, 2.45) is 0 Å². The molecule has 4 nitrogen and oxygen atoms in total. The van der Waals surface area contributed by atoms with Gasteiger partial charge in [-0.3, -0.25) is 4.79 Å². The normalized spacial score (nSPS) is 18.3. The number of carbonyl (C=O) groups is 1. The van der Waals surface area contributed by atoms with E-state index in [1.165, 1.54) is 37.9 Å². The number of rotatable bonds is 5. The highest BCUT2D eigenvalue weighted by Gasteiger charge is 2.22. The highest BCUT2D eigenvalue weighted by molar-refractivity contribution is 5.93. The zero-order valence-electron chi connectivity index (χ0n) is 13.5. The Balaban J connectivity index is 1.46. The number of amides is 1. The molecule has 1 aromatic rings. The van der Waals surface area contributed by atoms with Crippen LogP contribution in [0, 0.1) is 0 Å². The number of hydrogen-bond donors (Lipinski definition) is 0. The van der Waals surface area contributed by atoms with E-state index in [0.29, 0.717) is 0 Å². The molecule has 1 amide bonds. The number of nitrogens with zero attached hydrogens (tertiary/aromatic N) is 2. The molecule has 22 heavy (non-hydrogen) atoms. The first-order chi connectivity index (χ1) is 10.7. The van der Waals surface area contributed by atoms with Crippen LogP contribution in [0.15, 0.2) is 18.2 Å². The highest BCUT2D eigenvalue weighted by Crippen LogP contribution is 2.31. The van der Waals surface area contributed by atoms with Gasteiger partial charge in [-0.1, -0.05) is 6.42 Å². The number of anilines is 1. The summed E-state index contributed by atoms with van der Waals surface area (Å²) in [5.74, 6) is 1.05. The molecule has 0 unspecified atom stereocenters. The van der Waals surface area contributed by atoms with Crippen molar-refractivity contribution in [3.8, 4) is 5.75 Å². The van der Waals surface area contributed by atoms with Gasteiger partial charge in [0.1, 0.15) is 5.75 Å². The second kappa shape index (κ2) is 7.14. The van der Waals surface area contributed by atoms with Crippen molar-refractivity contribution < 1.29 is 9.53 Å². The minimum Gasteiger partial charge on any atom is -0.494 e. The molecular weight excluding hydrogens is 276 g/mol. The number of ether oxygens (including phenoxy) is 1. The van der Waals surface area contributed by atoms with E-state index in [-0.39, 0.29) is 5.91 Å². The van der Waals surface area contributed by atoms with Crippen molar-refractivity contribution in [3.05, 3.63) is 23.8 Å². The average molecular weight is 302 g/mol. The Morgan fingerprint density at radius 3 is 2.77 bits per heavy atom. The van der Waals surface area contributed by atoms with E-state index in [0.717, 1.165) is 44.0 Å². The Morgan fingerprint density at radius 2 is 2.00 bits per heavy atom. The number of fused-ring (bicyclic) bond motifs is 1. The summed E-state index contributed by atoms with van der Waals surface area (Å²) in [5.41, 5.74) is 2.27. The second-order valence-electron chi connectivity index (χ2n) is 6.32. The monoisotopic (exact) mass is 302 g/mol. The van der Waals surface area contributed by atoms with Gasteiger partial charge in [-0.25, -0.2) is 0 Å². The Hall–Kier alpha value is -1.55. The van der Waals surface area contributed by atoms with Gasteiger partial charge >= 0.3 is 0 Å². The van der Waals surface area contributed by atoms with Crippen LogP contribution in [0.25, 0.3) is 0 Å². The minimum atomic E-state index is 0.119. The Morgan fingerprint density at radius 1 is 1.18 bits per heavy atom. The summed E-state index contributed by atoms with van der Waals surface area (Å²) in [6.45, 7) is 6.83. The SMILES string of the molecule is CC(=O)N1CCc2cc(OCCCN3CCCCC3)ccc21. The quantitative estimate of drug-likeness (QED) is 0.784. The lowest BCUT2D eigenvalue weighted by molar-refractivity contribution is -0.116. The number of piperidine rings is 1. The molecule has 0 aliphatic carbocycles. The predicted molar refractivity (Wildman–Crippen MR) is 88.6 cm³/mol. The summed E-state index contributed by atoms with van der Waals surface area (Å²) in [7, 11) is 0. The van der Waals surface area contributed by atoms with Crippen LogP contribution in [0.3, 0.4) is 0 Å². The summed E-state index contributed by atoms with van der Waals surface area (Å²) < 4.78 is 5.89. The van der Waals surface area contributed by atoms with Crippen LogP contribution in [0.4, 0.5) is 5.69 Å². The van der Waals surface area contributed by atoms with Gasteiger partial charge in [-0.05, 0) is 62.5 Å². The standard InChI is InChI=1S/C18H26N2O2/c1-15(21)20-12-8-16-14-17(6-7-18(16)20)22-13-5-11-19-9-3-2-4-10-19/h6-7,14H,2-5,8-13H2,1H3. The molecule has 4 heteroatoms. The fraction of sp³-hybridized carbons (Fsp3) is 0.611. The lowest BCUT2D eigenvalue weighted by Gasteiger charge is -2.26. The predicted octanol–water partition coefficient (Wildman–Crippen LogP) is 2.85. The second-order valence-corrected chi connectivity index (χ2v) is 6.32. The molecule has 2 aliphatic heterocycles. The first kappa shape index (κ1) is 15.3. The third-order valence-corrected chi connectivity index (χ3v) is 4.66. The van der Waals surface area contributed by atoms with Gasteiger partial charge in [-0.15, -0.1) is 0 Å². The van der Waals surface area contributed by atoms with Crippen LogP contribution in [-0.4, -0.2) is 43.6 Å². The molecule has 2 aliphatic rings. The molecule has 0 N–H and O–H groups in total. The molecule has 1 saturated heterocycles. The first-order valence-electron chi connectivity index (χ1n) is 8.50. The van der Waals surface area contributed by atoms with E-state index in [4.69, 9.17) is 4.74 Å². The van der Waals surface area contributed by atoms with Crippen molar-refractivity contribution >= 4 is 11.6 Å². The molecule has 0 aromatic heterocycles. The minimum absolute atomic E-state index is 0.119. The van der Waals surface area contributed by atoms with Crippen LogP contribution in [0.5, 0.6) is 5.75 Å². The van der Waals surface area contributed by atoms with Gasteiger partial charge in [0.25, 0.3) is 0 Å². The molecule has 3 rings (SSSR count). The molecule has 2 heterocycles. The largest absolute Gasteiger partial charge is 0.494 e. The summed E-state index contributed by atoms with van der Waals surface area (Å²) in [6, 6.07) is 6.10. The van der Waals surface area contributed by atoms with E-state index in [1.54, 1.807) is 6.92 Å². The van der Waals surface area contributed by atoms with Crippen molar-refractivity contribution in [2.75, 3.05) is 37.7 Å². The van der Waals surface area contributed by atoms with Gasteiger partial charge in [0.05, 0.1) is 6.61 Å².